The Balaban J connectivity index is 3.02. The van der Waals surface area contributed by atoms with E-state index in [1.807, 2.05) is 6.92 Å². The van der Waals surface area contributed by atoms with Crippen molar-refractivity contribution in [1.82, 2.24) is 9.97 Å². The lowest BCUT2D eigenvalue weighted by atomic mass is 9.82. The van der Waals surface area contributed by atoms with Crippen LogP contribution in [-0.2, 0) is 14.9 Å². The number of methoxy groups -OCH3 is 1. The molecule has 84 valence electrons. The molecule has 0 radical (unpaired) electrons. The second-order valence-electron chi connectivity index (χ2n) is 4.02. The fourth-order valence-corrected chi connectivity index (χ4v) is 1.54. The number of hydrogen-bond acceptors (Lipinski definition) is 4. The van der Waals surface area contributed by atoms with Crippen molar-refractivity contribution in [3.63, 3.8) is 0 Å². The molecular weight excluding hydrogens is 196 g/mol. The summed E-state index contributed by atoms with van der Waals surface area (Å²) >= 11 is 0. The maximum atomic E-state index is 11.3. The number of nitrogens with one attached hydrogen (secondary N) is 1. The van der Waals surface area contributed by atoms with E-state index in [0.29, 0.717) is 5.69 Å². The summed E-state index contributed by atoms with van der Waals surface area (Å²) in [6.07, 6.45) is 0.320. The lowest BCUT2D eigenvalue weighted by Gasteiger charge is -2.27. The topological polar surface area (TPSA) is 75.2 Å². The molecule has 0 aliphatic carbocycles. The number of rotatable bonds is 3. The standard InChI is InChI=1S/C10H16N2O3/c1-6-7(12-5-11-6)10(2,3)8(13)9(14)15-4/h5,8,13H,1-4H3,(H,11,12). The number of aromatic amines is 1. The Bertz CT molecular complexity index is 357. The van der Waals surface area contributed by atoms with Crippen molar-refractivity contribution in [3.8, 4) is 0 Å². The molecule has 0 aliphatic rings. The molecule has 1 unspecified atom stereocenters. The third-order valence-corrected chi connectivity index (χ3v) is 2.55. The van der Waals surface area contributed by atoms with Gasteiger partial charge in [-0.1, -0.05) is 13.8 Å². The van der Waals surface area contributed by atoms with E-state index in [1.54, 1.807) is 13.8 Å². The van der Waals surface area contributed by atoms with Crippen LogP contribution in [0.25, 0.3) is 0 Å². The molecular formula is C10H16N2O3. The van der Waals surface area contributed by atoms with Gasteiger partial charge in [-0.25, -0.2) is 9.78 Å². The second-order valence-corrected chi connectivity index (χ2v) is 4.02. The van der Waals surface area contributed by atoms with E-state index in [-0.39, 0.29) is 0 Å². The number of aliphatic hydroxyl groups is 1. The van der Waals surface area contributed by atoms with E-state index >= 15 is 0 Å². The second kappa shape index (κ2) is 4.02. The molecule has 1 atom stereocenters. The van der Waals surface area contributed by atoms with Gasteiger partial charge in [0.15, 0.2) is 6.10 Å². The van der Waals surface area contributed by atoms with E-state index in [1.165, 1.54) is 13.4 Å². The van der Waals surface area contributed by atoms with Gasteiger partial charge in [0, 0.05) is 11.1 Å². The molecule has 5 heteroatoms. The van der Waals surface area contributed by atoms with Crippen LogP contribution in [0.3, 0.4) is 0 Å². The van der Waals surface area contributed by atoms with Crippen molar-refractivity contribution < 1.29 is 14.6 Å². The number of imidazole rings is 1. The molecule has 1 aromatic heterocycles. The normalized spacial score (nSPS) is 13.7. The zero-order valence-electron chi connectivity index (χ0n) is 9.37. The molecule has 0 aliphatic heterocycles. The summed E-state index contributed by atoms with van der Waals surface area (Å²) in [5.41, 5.74) is 0.736. The Morgan fingerprint density at radius 2 is 2.27 bits per heavy atom. The van der Waals surface area contributed by atoms with Crippen LogP contribution in [0, 0.1) is 6.92 Å². The van der Waals surface area contributed by atoms with Gasteiger partial charge in [0.2, 0.25) is 0 Å². The van der Waals surface area contributed by atoms with Gasteiger partial charge < -0.3 is 14.8 Å². The number of hydrogen-bond donors (Lipinski definition) is 2. The number of ether oxygens (including phenoxy) is 1. The van der Waals surface area contributed by atoms with Gasteiger partial charge in [-0.15, -0.1) is 0 Å². The fraction of sp³-hybridized carbons (Fsp3) is 0.600. The molecule has 1 rings (SSSR count). The zero-order chi connectivity index (χ0) is 11.6. The van der Waals surface area contributed by atoms with Gasteiger partial charge in [-0.05, 0) is 6.92 Å². The maximum Gasteiger partial charge on any atom is 0.335 e. The molecule has 0 amide bonds. The quantitative estimate of drug-likeness (QED) is 0.717. The van der Waals surface area contributed by atoms with E-state index in [4.69, 9.17) is 0 Å². The summed E-state index contributed by atoms with van der Waals surface area (Å²) in [6.45, 7) is 5.34. The molecule has 0 aromatic carbocycles. The van der Waals surface area contributed by atoms with E-state index < -0.39 is 17.5 Å². The van der Waals surface area contributed by atoms with Crippen LogP contribution < -0.4 is 0 Å². The average Bonchev–Trinajstić information content (AvgIpc) is 2.62. The fourth-order valence-electron chi connectivity index (χ4n) is 1.54. The van der Waals surface area contributed by atoms with Crippen molar-refractivity contribution in [2.75, 3.05) is 7.11 Å². The summed E-state index contributed by atoms with van der Waals surface area (Å²) in [4.78, 5) is 18.3. The van der Waals surface area contributed by atoms with Crippen molar-refractivity contribution in [1.29, 1.82) is 0 Å². The number of aryl methyl sites for hydroxylation is 1. The monoisotopic (exact) mass is 212 g/mol. The summed E-state index contributed by atoms with van der Waals surface area (Å²) in [7, 11) is 1.25. The number of H-pyrrole nitrogens is 1. The first-order valence-corrected chi connectivity index (χ1v) is 4.67. The van der Waals surface area contributed by atoms with Gasteiger partial charge in [-0.2, -0.15) is 0 Å². The number of carbonyl (C=O) groups is 1. The Labute approximate surface area is 88.5 Å². The highest BCUT2D eigenvalue weighted by molar-refractivity contribution is 5.76. The van der Waals surface area contributed by atoms with Gasteiger partial charge in [0.05, 0.1) is 19.1 Å². The maximum absolute atomic E-state index is 11.3. The molecule has 0 fully saturated rings. The first kappa shape index (κ1) is 11.7. The number of aromatic nitrogens is 2. The minimum absolute atomic E-state index is 0.651. The van der Waals surface area contributed by atoms with Crippen LogP contribution in [0.5, 0.6) is 0 Å². The molecule has 5 nitrogen and oxygen atoms in total. The predicted molar refractivity (Wildman–Crippen MR) is 54.4 cm³/mol. The summed E-state index contributed by atoms with van der Waals surface area (Å²) in [6, 6.07) is 0. The van der Waals surface area contributed by atoms with Gasteiger partial charge in [0.25, 0.3) is 0 Å². The summed E-state index contributed by atoms with van der Waals surface area (Å²) in [5.74, 6) is -0.651. The van der Waals surface area contributed by atoms with Crippen LogP contribution in [0.15, 0.2) is 6.33 Å². The van der Waals surface area contributed by atoms with E-state index in [9.17, 15) is 9.90 Å². The highest BCUT2D eigenvalue weighted by Crippen LogP contribution is 2.27. The van der Waals surface area contributed by atoms with Gasteiger partial charge >= 0.3 is 5.97 Å². The molecule has 1 heterocycles. The SMILES string of the molecule is COC(=O)C(O)C(C)(C)c1nc[nH]c1C. The molecule has 0 saturated heterocycles. The predicted octanol–water partition coefficient (Wildman–Crippen LogP) is 0.530. The molecule has 2 N–H and O–H groups in total. The minimum atomic E-state index is -1.22. The zero-order valence-corrected chi connectivity index (χ0v) is 9.37. The third kappa shape index (κ3) is 2.02. The Kier molecular flexibility index (Phi) is 3.14. The Hall–Kier alpha value is -1.36. The van der Waals surface area contributed by atoms with Crippen LogP contribution in [0.4, 0.5) is 0 Å². The highest BCUT2D eigenvalue weighted by atomic mass is 16.5. The first-order valence-electron chi connectivity index (χ1n) is 4.67. The number of carbonyl (C=O) groups excluding carboxylic acids is 1. The van der Waals surface area contributed by atoms with Crippen LogP contribution in [0.1, 0.15) is 25.2 Å². The molecule has 0 bridgehead atoms. The highest BCUT2D eigenvalue weighted by Gasteiger charge is 2.38. The molecule has 15 heavy (non-hydrogen) atoms. The lowest BCUT2D eigenvalue weighted by molar-refractivity contribution is -0.153. The Morgan fingerprint density at radius 3 is 2.67 bits per heavy atom. The first-order chi connectivity index (χ1) is 6.91. The van der Waals surface area contributed by atoms with Crippen LogP contribution in [-0.4, -0.2) is 34.3 Å². The number of esters is 1. The van der Waals surface area contributed by atoms with Crippen molar-refractivity contribution in [2.24, 2.45) is 0 Å². The lowest BCUT2D eigenvalue weighted by Crippen LogP contribution is -2.41. The van der Waals surface area contributed by atoms with E-state index in [2.05, 4.69) is 14.7 Å². The molecule has 0 saturated carbocycles. The number of nitrogens with zero attached hydrogens (tertiary/aromatic N) is 1. The molecule has 1 aromatic rings. The van der Waals surface area contributed by atoms with Crippen molar-refractivity contribution in [2.45, 2.75) is 32.3 Å². The van der Waals surface area contributed by atoms with Crippen LogP contribution in [0.2, 0.25) is 0 Å². The Morgan fingerprint density at radius 1 is 1.67 bits per heavy atom. The summed E-state index contributed by atoms with van der Waals surface area (Å²) < 4.78 is 4.51. The summed E-state index contributed by atoms with van der Waals surface area (Å²) in [5, 5.41) is 9.81. The van der Waals surface area contributed by atoms with Crippen molar-refractivity contribution >= 4 is 5.97 Å². The largest absolute Gasteiger partial charge is 0.467 e. The van der Waals surface area contributed by atoms with Crippen LogP contribution >= 0.6 is 0 Å². The average molecular weight is 212 g/mol. The number of aliphatic hydroxyl groups excluding tert-OH is 1. The van der Waals surface area contributed by atoms with Gasteiger partial charge in [0.1, 0.15) is 0 Å². The van der Waals surface area contributed by atoms with Gasteiger partial charge in [-0.3, -0.25) is 0 Å². The minimum Gasteiger partial charge on any atom is -0.467 e. The van der Waals surface area contributed by atoms with Crippen molar-refractivity contribution in [3.05, 3.63) is 17.7 Å². The molecule has 0 spiro atoms. The smallest absolute Gasteiger partial charge is 0.335 e. The third-order valence-electron chi connectivity index (χ3n) is 2.55. The van der Waals surface area contributed by atoms with E-state index in [0.717, 1.165) is 5.69 Å².